The number of ether oxygens (including phenoxy) is 1. The van der Waals surface area contributed by atoms with Gasteiger partial charge in [0.15, 0.2) is 0 Å². The van der Waals surface area contributed by atoms with Gasteiger partial charge < -0.3 is 15.4 Å². The van der Waals surface area contributed by atoms with E-state index in [2.05, 4.69) is 10.6 Å². The molecule has 182 valence electrons. The Bertz CT molecular complexity index is 1360. The average molecular weight is 490 g/mol. The fourth-order valence-corrected chi connectivity index (χ4v) is 3.32. The third-order valence-electron chi connectivity index (χ3n) is 5.16. The maximum atomic E-state index is 13.7. The molecule has 1 saturated heterocycles. The van der Waals surface area contributed by atoms with Gasteiger partial charge in [0.05, 0.1) is 10.6 Å². The fraction of sp³-hybridized carbons (Fsp3) is 0.0800. The van der Waals surface area contributed by atoms with Crippen molar-refractivity contribution in [2.45, 2.75) is 6.61 Å². The van der Waals surface area contributed by atoms with Crippen LogP contribution < -0.4 is 15.4 Å². The standard InChI is InChI=1S/C25H19FN4O6/c26-20-3-1-2-4-21(20)27-23(31)14-29-24(32)22(28-25(29)33)13-16-7-11-19(12-8-16)36-15-17-5-9-18(10-6-17)30(34)35/h1-13H,14-15H2,(H,27,31)(H,28,33)/b22-13+. The zero-order valence-corrected chi connectivity index (χ0v) is 18.6. The summed E-state index contributed by atoms with van der Waals surface area (Å²) in [7, 11) is 0. The number of nitro groups is 1. The molecule has 0 aliphatic carbocycles. The lowest BCUT2D eigenvalue weighted by atomic mass is 10.2. The third-order valence-corrected chi connectivity index (χ3v) is 5.16. The number of halogens is 1. The minimum Gasteiger partial charge on any atom is -0.489 e. The first kappa shape index (κ1) is 24.1. The van der Waals surface area contributed by atoms with Gasteiger partial charge in [-0.1, -0.05) is 24.3 Å². The largest absolute Gasteiger partial charge is 0.489 e. The Hall–Kier alpha value is -5.06. The number of carbonyl (C=O) groups excluding carboxylic acids is 3. The van der Waals surface area contributed by atoms with Crippen molar-refractivity contribution in [2.24, 2.45) is 0 Å². The number of para-hydroxylation sites is 1. The van der Waals surface area contributed by atoms with E-state index in [1.165, 1.54) is 36.4 Å². The monoisotopic (exact) mass is 490 g/mol. The Morgan fingerprint density at radius 1 is 1.06 bits per heavy atom. The summed E-state index contributed by atoms with van der Waals surface area (Å²) in [4.78, 5) is 48.0. The van der Waals surface area contributed by atoms with E-state index in [1.54, 1.807) is 42.5 Å². The second-order valence-corrected chi connectivity index (χ2v) is 7.69. The van der Waals surface area contributed by atoms with Gasteiger partial charge in [0, 0.05) is 12.1 Å². The molecule has 0 unspecified atom stereocenters. The number of nitrogens with zero attached hydrogens (tertiary/aromatic N) is 2. The molecule has 36 heavy (non-hydrogen) atoms. The SMILES string of the molecule is O=C(CN1C(=O)N/C(=C/c2ccc(OCc3ccc([N+](=O)[O-])cc3)cc2)C1=O)Nc1ccccc1F. The Morgan fingerprint density at radius 2 is 1.75 bits per heavy atom. The maximum absolute atomic E-state index is 13.7. The second-order valence-electron chi connectivity index (χ2n) is 7.69. The quantitative estimate of drug-likeness (QED) is 0.214. The fourth-order valence-electron chi connectivity index (χ4n) is 3.32. The second kappa shape index (κ2) is 10.5. The van der Waals surface area contributed by atoms with Crippen molar-refractivity contribution >= 4 is 35.3 Å². The van der Waals surface area contributed by atoms with Crippen LogP contribution in [0.25, 0.3) is 6.08 Å². The van der Waals surface area contributed by atoms with Crippen LogP contribution in [-0.4, -0.2) is 34.2 Å². The first-order valence-electron chi connectivity index (χ1n) is 10.7. The van der Waals surface area contributed by atoms with Crippen LogP contribution in [-0.2, 0) is 16.2 Å². The summed E-state index contributed by atoms with van der Waals surface area (Å²) in [6, 6.07) is 17.5. The minimum atomic E-state index is -0.766. The highest BCUT2D eigenvalue weighted by Gasteiger charge is 2.35. The molecule has 1 aliphatic heterocycles. The summed E-state index contributed by atoms with van der Waals surface area (Å²) >= 11 is 0. The predicted octanol–water partition coefficient (Wildman–Crippen LogP) is 3.84. The highest BCUT2D eigenvalue weighted by Crippen LogP contribution is 2.20. The molecule has 1 aliphatic rings. The lowest BCUT2D eigenvalue weighted by Gasteiger charge is -2.12. The number of nitrogens with one attached hydrogen (secondary N) is 2. The van der Waals surface area contributed by atoms with Crippen LogP contribution in [0.2, 0.25) is 0 Å². The van der Waals surface area contributed by atoms with Gasteiger partial charge in [-0.3, -0.25) is 19.7 Å². The van der Waals surface area contributed by atoms with Crippen molar-refractivity contribution in [3.63, 3.8) is 0 Å². The van der Waals surface area contributed by atoms with Crippen LogP contribution in [0.4, 0.5) is 20.6 Å². The number of hydrogen-bond acceptors (Lipinski definition) is 6. The summed E-state index contributed by atoms with van der Waals surface area (Å²) in [6.45, 7) is -0.372. The molecular weight excluding hydrogens is 471 g/mol. The van der Waals surface area contributed by atoms with Gasteiger partial charge in [0.1, 0.15) is 30.4 Å². The summed E-state index contributed by atoms with van der Waals surface area (Å²) in [5, 5.41) is 15.5. The Kier molecular flexibility index (Phi) is 7.00. The van der Waals surface area contributed by atoms with Gasteiger partial charge >= 0.3 is 6.03 Å². The first-order chi connectivity index (χ1) is 17.3. The van der Waals surface area contributed by atoms with Crippen molar-refractivity contribution < 1.29 is 28.4 Å². The third kappa shape index (κ3) is 5.70. The van der Waals surface area contributed by atoms with Gasteiger partial charge in [-0.2, -0.15) is 0 Å². The molecule has 0 aromatic heterocycles. The maximum Gasteiger partial charge on any atom is 0.329 e. The number of amides is 4. The van der Waals surface area contributed by atoms with Crippen LogP contribution in [0.1, 0.15) is 11.1 Å². The van der Waals surface area contributed by atoms with Crippen molar-refractivity contribution in [3.05, 3.63) is 106 Å². The molecule has 1 heterocycles. The molecule has 3 aromatic carbocycles. The molecule has 3 aromatic rings. The molecule has 1 fully saturated rings. The zero-order chi connectivity index (χ0) is 25.7. The van der Waals surface area contributed by atoms with Gasteiger partial charge in [0.2, 0.25) is 5.91 Å². The van der Waals surface area contributed by atoms with Gasteiger partial charge in [-0.15, -0.1) is 0 Å². The van der Waals surface area contributed by atoms with E-state index in [-0.39, 0.29) is 23.7 Å². The van der Waals surface area contributed by atoms with E-state index >= 15 is 0 Å². The summed E-state index contributed by atoms with van der Waals surface area (Å²) in [6.07, 6.45) is 1.45. The van der Waals surface area contributed by atoms with Gasteiger partial charge in [-0.25, -0.2) is 14.1 Å². The molecule has 4 rings (SSSR count). The van der Waals surface area contributed by atoms with Gasteiger partial charge in [-0.05, 0) is 53.6 Å². The number of hydrogen-bond donors (Lipinski definition) is 2. The highest BCUT2D eigenvalue weighted by atomic mass is 19.1. The van der Waals surface area contributed by atoms with Crippen LogP contribution in [0, 0.1) is 15.9 Å². The lowest BCUT2D eigenvalue weighted by molar-refractivity contribution is -0.384. The topological polar surface area (TPSA) is 131 Å². The molecule has 0 bridgehead atoms. The molecule has 11 heteroatoms. The van der Waals surface area contributed by atoms with E-state index < -0.39 is 35.1 Å². The molecule has 4 amide bonds. The van der Waals surface area contributed by atoms with E-state index in [0.717, 1.165) is 10.5 Å². The van der Waals surface area contributed by atoms with Crippen molar-refractivity contribution in [3.8, 4) is 5.75 Å². The number of imide groups is 1. The average Bonchev–Trinajstić information content (AvgIpc) is 3.12. The number of benzene rings is 3. The molecule has 2 N–H and O–H groups in total. The number of urea groups is 1. The van der Waals surface area contributed by atoms with E-state index in [4.69, 9.17) is 4.74 Å². The van der Waals surface area contributed by atoms with E-state index in [0.29, 0.717) is 11.3 Å². The van der Waals surface area contributed by atoms with E-state index in [9.17, 15) is 28.9 Å². The molecule has 0 saturated carbocycles. The van der Waals surface area contributed by atoms with Crippen molar-refractivity contribution in [1.82, 2.24) is 10.2 Å². The number of non-ortho nitro benzene ring substituents is 1. The van der Waals surface area contributed by atoms with Crippen LogP contribution in [0.5, 0.6) is 5.75 Å². The number of nitro benzene ring substituents is 1. The number of rotatable bonds is 8. The minimum absolute atomic E-state index is 0.00558. The van der Waals surface area contributed by atoms with Crippen LogP contribution >= 0.6 is 0 Å². The summed E-state index contributed by atoms with van der Waals surface area (Å²) in [5.74, 6) is -1.52. The normalized spacial score (nSPS) is 14.0. The summed E-state index contributed by atoms with van der Waals surface area (Å²) in [5.41, 5.74) is 1.28. The first-order valence-corrected chi connectivity index (χ1v) is 10.7. The number of carbonyl (C=O) groups is 3. The molecule has 0 spiro atoms. The Labute approximate surface area is 204 Å². The summed E-state index contributed by atoms with van der Waals surface area (Å²) < 4.78 is 19.4. The molecule has 10 nitrogen and oxygen atoms in total. The number of anilines is 1. The predicted molar refractivity (Wildman–Crippen MR) is 127 cm³/mol. The Morgan fingerprint density at radius 3 is 2.42 bits per heavy atom. The zero-order valence-electron chi connectivity index (χ0n) is 18.6. The molecule has 0 atom stereocenters. The van der Waals surface area contributed by atoms with Gasteiger partial charge in [0.25, 0.3) is 11.6 Å². The van der Waals surface area contributed by atoms with Crippen molar-refractivity contribution in [1.29, 1.82) is 0 Å². The van der Waals surface area contributed by atoms with Crippen molar-refractivity contribution in [2.75, 3.05) is 11.9 Å². The lowest BCUT2D eigenvalue weighted by Crippen LogP contribution is -2.38. The van der Waals surface area contributed by atoms with Crippen LogP contribution in [0.3, 0.4) is 0 Å². The molecule has 0 radical (unpaired) electrons. The smallest absolute Gasteiger partial charge is 0.329 e. The van der Waals surface area contributed by atoms with Crippen LogP contribution in [0.15, 0.2) is 78.5 Å². The Balaban J connectivity index is 1.34. The highest BCUT2D eigenvalue weighted by molar-refractivity contribution is 6.15. The van der Waals surface area contributed by atoms with E-state index in [1.807, 2.05) is 0 Å². The molecular formula is C25H19FN4O6.